The van der Waals surface area contributed by atoms with Gasteiger partial charge in [0.15, 0.2) is 0 Å². The van der Waals surface area contributed by atoms with Gasteiger partial charge in [-0.1, -0.05) is 26.0 Å². The van der Waals surface area contributed by atoms with Crippen LogP contribution in [0.4, 0.5) is 0 Å². The highest BCUT2D eigenvalue weighted by Gasteiger charge is 2.24. The normalized spacial score (nSPS) is 12.8. The summed E-state index contributed by atoms with van der Waals surface area (Å²) >= 11 is 0. The van der Waals surface area contributed by atoms with Crippen LogP contribution in [0, 0.1) is 5.41 Å². The van der Waals surface area contributed by atoms with Gasteiger partial charge in [-0.2, -0.15) is 0 Å². The zero-order valence-corrected chi connectivity index (χ0v) is 14.3. The number of methoxy groups -OCH3 is 1. The average molecular weight is 308 g/mol. The van der Waals surface area contributed by atoms with Gasteiger partial charge in [0.2, 0.25) is 0 Å². The number of hydrogen-bond donors (Lipinski definition) is 1. The van der Waals surface area contributed by atoms with Gasteiger partial charge in [0.1, 0.15) is 11.9 Å². The van der Waals surface area contributed by atoms with Gasteiger partial charge in [0, 0.05) is 13.6 Å². The maximum Gasteiger partial charge on any atom is 0.251 e. The number of hydrogen-bond acceptors (Lipinski definition) is 4. The predicted molar refractivity (Wildman–Crippen MR) is 87.7 cm³/mol. The minimum absolute atomic E-state index is 0.0376. The Bertz CT molecular complexity index is 489. The van der Waals surface area contributed by atoms with Crippen molar-refractivity contribution in [3.05, 3.63) is 29.8 Å². The van der Waals surface area contributed by atoms with Crippen molar-refractivity contribution in [3.63, 3.8) is 0 Å². The third-order valence-corrected chi connectivity index (χ3v) is 3.58. The van der Waals surface area contributed by atoms with Crippen LogP contribution in [0.3, 0.4) is 0 Å². The molecule has 5 nitrogen and oxygen atoms in total. The number of nitrogens with zero attached hydrogens (tertiary/aromatic N) is 1. The van der Waals surface area contributed by atoms with E-state index in [0.29, 0.717) is 19.7 Å². The molecular weight excluding hydrogens is 280 g/mol. The highest BCUT2D eigenvalue weighted by molar-refractivity contribution is 5.80. The van der Waals surface area contributed by atoms with Crippen molar-refractivity contribution in [1.82, 2.24) is 4.90 Å². The lowest BCUT2D eigenvalue weighted by atomic mass is 9.93. The lowest BCUT2D eigenvalue weighted by Gasteiger charge is -2.30. The Hall–Kier alpha value is -1.59. The summed E-state index contributed by atoms with van der Waals surface area (Å²) in [4.78, 5) is 14.0. The van der Waals surface area contributed by atoms with Crippen molar-refractivity contribution in [2.45, 2.75) is 33.5 Å². The third kappa shape index (κ3) is 5.66. The summed E-state index contributed by atoms with van der Waals surface area (Å²) in [5.41, 5.74) is 6.59. The van der Waals surface area contributed by atoms with Gasteiger partial charge in [-0.3, -0.25) is 4.79 Å². The molecular formula is C17H28N2O3. The van der Waals surface area contributed by atoms with E-state index < -0.39 is 6.10 Å². The fourth-order valence-electron chi connectivity index (χ4n) is 2.15. The highest BCUT2D eigenvalue weighted by atomic mass is 16.5. The van der Waals surface area contributed by atoms with Crippen LogP contribution in [0.15, 0.2) is 24.3 Å². The van der Waals surface area contributed by atoms with E-state index in [4.69, 9.17) is 15.2 Å². The number of carbonyl (C=O) groups excluding carboxylic acids is 1. The Labute approximate surface area is 133 Å². The summed E-state index contributed by atoms with van der Waals surface area (Å²) < 4.78 is 10.9. The number of benzene rings is 1. The molecule has 22 heavy (non-hydrogen) atoms. The minimum Gasteiger partial charge on any atom is -0.497 e. The van der Waals surface area contributed by atoms with E-state index in [1.54, 1.807) is 26.0 Å². The second kappa shape index (κ2) is 8.15. The van der Waals surface area contributed by atoms with Crippen molar-refractivity contribution in [2.75, 3.05) is 27.2 Å². The second-order valence-corrected chi connectivity index (χ2v) is 6.37. The molecule has 0 aliphatic heterocycles. The van der Waals surface area contributed by atoms with E-state index in [1.807, 2.05) is 38.1 Å². The van der Waals surface area contributed by atoms with Crippen LogP contribution < -0.4 is 10.5 Å². The molecule has 1 rings (SSSR count). The molecule has 1 unspecified atom stereocenters. The van der Waals surface area contributed by atoms with Crippen LogP contribution in [0.2, 0.25) is 0 Å². The van der Waals surface area contributed by atoms with Crippen LogP contribution in [0.5, 0.6) is 5.75 Å². The molecule has 0 aliphatic carbocycles. The molecule has 0 bridgehead atoms. The second-order valence-electron chi connectivity index (χ2n) is 6.37. The number of carbonyl (C=O) groups is 1. The topological polar surface area (TPSA) is 64.8 Å². The number of likely N-dealkylation sites (N-methyl/N-ethyl adjacent to an activating group) is 1. The maximum absolute atomic E-state index is 12.3. The van der Waals surface area contributed by atoms with Gasteiger partial charge in [0.25, 0.3) is 5.91 Å². The quantitative estimate of drug-likeness (QED) is 0.798. The summed E-state index contributed by atoms with van der Waals surface area (Å²) in [6.45, 7) is 7.36. The fourth-order valence-corrected chi connectivity index (χ4v) is 2.15. The molecule has 2 N–H and O–H groups in total. The fraction of sp³-hybridized carbons (Fsp3) is 0.588. The lowest BCUT2D eigenvalue weighted by Crippen LogP contribution is -2.43. The van der Waals surface area contributed by atoms with E-state index >= 15 is 0 Å². The zero-order chi connectivity index (χ0) is 16.8. The molecule has 0 aliphatic rings. The zero-order valence-electron chi connectivity index (χ0n) is 14.3. The Balaban J connectivity index is 2.53. The lowest BCUT2D eigenvalue weighted by molar-refractivity contribution is -0.143. The van der Waals surface area contributed by atoms with Crippen LogP contribution in [0.25, 0.3) is 0 Å². The molecule has 1 atom stereocenters. The van der Waals surface area contributed by atoms with E-state index in [-0.39, 0.29) is 11.3 Å². The van der Waals surface area contributed by atoms with Crippen LogP contribution in [-0.2, 0) is 16.1 Å². The monoisotopic (exact) mass is 308 g/mol. The molecule has 0 saturated carbocycles. The molecule has 0 radical (unpaired) electrons. The number of amides is 1. The van der Waals surface area contributed by atoms with Crippen LogP contribution >= 0.6 is 0 Å². The molecule has 0 saturated heterocycles. The number of ether oxygens (including phenoxy) is 2. The van der Waals surface area contributed by atoms with E-state index in [0.717, 1.165) is 11.3 Å². The van der Waals surface area contributed by atoms with E-state index in [1.165, 1.54) is 0 Å². The minimum atomic E-state index is -0.496. The van der Waals surface area contributed by atoms with Crippen molar-refractivity contribution < 1.29 is 14.3 Å². The summed E-state index contributed by atoms with van der Waals surface area (Å²) in [5.74, 6) is 0.742. The molecule has 0 spiro atoms. The maximum atomic E-state index is 12.3. The van der Waals surface area contributed by atoms with Crippen LogP contribution in [-0.4, -0.2) is 44.2 Å². The predicted octanol–water partition coefficient (Wildman–Crippen LogP) is 2.04. The first-order chi connectivity index (χ1) is 10.3. The molecule has 0 aromatic heterocycles. The molecule has 5 heteroatoms. The largest absolute Gasteiger partial charge is 0.497 e. The molecule has 124 valence electrons. The molecule has 0 heterocycles. The highest BCUT2D eigenvalue weighted by Crippen LogP contribution is 2.16. The van der Waals surface area contributed by atoms with Crippen molar-refractivity contribution in [3.8, 4) is 5.75 Å². The Morgan fingerprint density at radius 3 is 2.68 bits per heavy atom. The van der Waals surface area contributed by atoms with Gasteiger partial charge >= 0.3 is 0 Å². The standard InChI is InChI=1S/C17H28N2O3/c1-13(16(20)19(4)12-17(2,3)11-18)22-10-14-7-6-8-15(9-14)21-5/h6-9,13H,10-12,18H2,1-5H3. The van der Waals surface area contributed by atoms with Gasteiger partial charge in [-0.05, 0) is 36.6 Å². The smallest absolute Gasteiger partial charge is 0.251 e. The SMILES string of the molecule is COc1cccc(COC(C)C(=O)N(C)CC(C)(C)CN)c1. The molecule has 1 aromatic rings. The Kier molecular flexibility index (Phi) is 6.84. The third-order valence-electron chi connectivity index (χ3n) is 3.58. The Morgan fingerprint density at radius 1 is 1.41 bits per heavy atom. The van der Waals surface area contributed by atoms with Gasteiger partial charge in [-0.25, -0.2) is 0 Å². The van der Waals surface area contributed by atoms with Gasteiger partial charge in [-0.15, -0.1) is 0 Å². The molecule has 0 fully saturated rings. The van der Waals surface area contributed by atoms with E-state index in [9.17, 15) is 4.79 Å². The first-order valence-corrected chi connectivity index (χ1v) is 7.48. The van der Waals surface area contributed by atoms with Crippen molar-refractivity contribution in [1.29, 1.82) is 0 Å². The first kappa shape index (κ1) is 18.5. The summed E-state index contributed by atoms with van der Waals surface area (Å²) in [6.07, 6.45) is -0.496. The molecule has 1 amide bonds. The van der Waals surface area contributed by atoms with Gasteiger partial charge in [0.05, 0.1) is 13.7 Å². The first-order valence-electron chi connectivity index (χ1n) is 7.48. The number of rotatable bonds is 8. The van der Waals surface area contributed by atoms with Gasteiger partial charge < -0.3 is 20.1 Å². The van der Waals surface area contributed by atoms with Crippen molar-refractivity contribution >= 4 is 5.91 Å². The van der Waals surface area contributed by atoms with Crippen LogP contribution in [0.1, 0.15) is 26.3 Å². The summed E-state index contributed by atoms with van der Waals surface area (Å²) in [6, 6.07) is 7.63. The molecule has 1 aromatic carbocycles. The number of nitrogens with two attached hydrogens (primary N) is 1. The average Bonchev–Trinajstić information content (AvgIpc) is 2.51. The van der Waals surface area contributed by atoms with E-state index in [2.05, 4.69) is 0 Å². The Morgan fingerprint density at radius 2 is 2.09 bits per heavy atom. The summed E-state index contributed by atoms with van der Waals surface area (Å²) in [7, 11) is 3.41. The summed E-state index contributed by atoms with van der Waals surface area (Å²) in [5, 5.41) is 0. The van der Waals surface area contributed by atoms with Crippen molar-refractivity contribution in [2.24, 2.45) is 11.1 Å².